The molecular formula is C16H18N8O. The van der Waals surface area contributed by atoms with Crippen LogP contribution in [0.2, 0.25) is 0 Å². The van der Waals surface area contributed by atoms with Crippen molar-refractivity contribution in [2.75, 3.05) is 11.9 Å². The van der Waals surface area contributed by atoms with Gasteiger partial charge in [0.05, 0.1) is 25.8 Å². The predicted molar refractivity (Wildman–Crippen MR) is 89.8 cm³/mol. The number of fused-ring (bicyclic) bond motifs is 1. The molecule has 0 bridgehead atoms. The molecule has 1 aliphatic heterocycles. The molecule has 0 spiro atoms. The van der Waals surface area contributed by atoms with Gasteiger partial charge >= 0.3 is 6.03 Å². The lowest BCUT2D eigenvalue weighted by atomic mass is 10.2. The Hall–Kier alpha value is -3.23. The number of hydrogen-bond donors (Lipinski definition) is 1. The van der Waals surface area contributed by atoms with Crippen LogP contribution in [-0.2, 0) is 19.6 Å². The van der Waals surface area contributed by atoms with E-state index in [4.69, 9.17) is 0 Å². The van der Waals surface area contributed by atoms with Gasteiger partial charge in [-0.05, 0) is 12.5 Å². The molecule has 2 amide bonds. The Kier molecular flexibility index (Phi) is 3.88. The molecule has 25 heavy (non-hydrogen) atoms. The van der Waals surface area contributed by atoms with E-state index in [1.807, 2.05) is 41.9 Å². The molecule has 1 aliphatic rings. The van der Waals surface area contributed by atoms with Crippen LogP contribution in [0.1, 0.15) is 17.2 Å². The number of amides is 2. The zero-order valence-corrected chi connectivity index (χ0v) is 13.8. The number of aryl methyl sites for hydroxylation is 1. The van der Waals surface area contributed by atoms with Crippen LogP contribution in [0.15, 0.2) is 36.5 Å². The number of rotatable bonds is 3. The predicted octanol–water partition coefficient (Wildman–Crippen LogP) is 1.27. The average Bonchev–Trinajstić information content (AvgIpc) is 3.20. The molecule has 128 valence electrons. The van der Waals surface area contributed by atoms with Crippen LogP contribution in [0.4, 0.5) is 10.6 Å². The number of anilines is 1. The molecule has 2 aromatic heterocycles. The van der Waals surface area contributed by atoms with Crippen LogP contribution in [-0.4, -0.2) is 47.2 Å². The van der Waals surface area contributed by atoms with Crippen molar-refractivity contribution in [1.29, 1.82) is 0 Å². The Morgan fingerprint density at radius 3 is 2.92 bits per heavy atom. The molecule has 3 aromatic rings. The first-order chi connectivity index (χ1) is 12.2. The fraction of sp³-hybridized carbons (Fsp3) is 0.312. The Labute approximate surface area is 144 Å². The lowest BCUT2D eigenvalue weighted by Crippen LogP contribution is -2.41. The number of urea groups is 1. The van der Waals surface area contributed by atoms with Gasteiger partial charge in [0, 0.05) is 6.54 Å². The normalized spacial score (nSPS) is 13.6. The van der Waals surface area contributed by atoms with Gasteiger partial charge in [0.2, 0.25) is 0 Å². The zero-order valence-electron chi connectivity index (χ0n) is 13.8. The van der Waals surface area contributed by atoms with Crippen molar-refractivity contribution in [3.05, 3.63) is 53.7 Å². The van der Waals surface area contributed by atoms with Crippen molar-refractivity contribution in [2.45, 2.75) is 26.6 Å². The molecule has 0 fully saturated rings. The lowest BCUT2D eigenvalue weighted by Gasteiger charge is -2.26. The molecule has 0 unspecified atom stereocenters. The third-order valence-electron chi connectivity index (χ3n) is 4.02. The molecule has 0 saturated carbocycles. The highest BCUT2D eigenvalue weighted by Gasteiger charge is 2.23. The van der Waals surface area contributed by atoms with Crippen molar-refractivity contribution in [3.8, 4) is 0 Å². The van der Waals surface area contributed by atoms with Crippen LogP contribution in [0.5, 0.6) is 0 Å². The van der Waals surface area contributed by atoms with Gasteiger partial charge in [0.15, 0.2) is 5.82 Å². The van der Waals surface area contributed by atoms with Crippen LogP contribution in [0.25, 0.3) is 0 Å². The monoisotopic (exact) mass is 338 g/mol. The molecule has 0 radical (unpaired) electrons. The number of benzene rings is 1. The molecule has 4 rings (SSSR count). The quantitative estimate of drug-likeness (QED) is 0.776. The summed E-state index contributed by atoms with van der Waals surface area (Å²) in [6, 6.07) is 9.76. The van der Waals surface area contributed by atoms with Gasteiger partial charge in [-0.25, -0.2) is 19.1 Å². The first kappa shape index (κ1) is 15.3. The van der Waals surface area contributed by atoms with Gasteiger partial charge in [-0.1, -0.05) is 35.5 Å². The summed E-state index contributed by atoms with van der Waals surface area (Å²) in [5.41, 5.74) is 1.12. The third-order valence-corrected chi connectivity index (χ3v) is 4.02. The minimum atomic E-state index is -0.210. The number of nitrogens with one attached hydrogen (secondary N) is 1. The Morgan fingerprint density at radius 2 is 2.08 bits per heavy atom. The van der Waals surface area contributed by atoms with Crippen molar-refractivity contribution in [3.63, 3.8) is 0 Å². The fourth-order valence-corrected chi connectivity index (χ4v) is 2.83. The van der Waals surface area contributed by atoms with Crippen LogP contribution < -0.4 is 5.32 Å². The van der Waals surface area contributed by atoms with Gasteiger partial charge in [-0.15, -0.1) is 5.10 Å². The van der Waals surface area contributed by atoms with Gasteiger partial charge in [-0.2, -0.15) is 5.10 Å². The second-order valence-corrected chi connectivity index (χ2v) is 5.94. The van der Waals surface area contributed by atoms with Crippen molar-refractivity contribution in [1.82, 2.24) is 34.7 Å². The van der Waals surface area contributed by atoms with E-state index in [1.54, 1.807) is 15.8 Å². The first-order valence-electron chi connectivity index (χ1n) is 8.08. The summed E-state index contributed by atoms with van der Waals surface area (Å²) in [7, 11) is 0. The number of hydrogen-bond acceptors (Lipinski definition) is 5. The maximum atomic E-state index is 12.4. The van der Waals surface area contributed by atoms with E-state index in [0.717, 1.165) is 17.2 Å². The van der Waals surface area contributed by atoms with Gasteiger partial charge in [0.25, 0.3) is 0 Å². The van der Waals surface area contributed by atoms with Crippen molar-refractivity contribution in [2.24, 2.45) is 0 Å². The van der Waals surface area contributed by atoms with E-state index >= 15 is 0 Å². The minimum Gasteiger partial charge on any atom is -0.315 e. The first-order valence-corrected chi connectivity index (χ1v) is 8.08. The Balaban J connectivity index is 1.38. The van der Waals surface area contributed by atoms with Crippen LogP contribution >= 0.6 is 0 Å². The van der Waals surface area contributed by atoms with Gasteiger partial charge < -0.3 is 4.90 Å². The number of carbonyl (C=O) groups is 1. The molecule has 0 aliphatic carbocycles. The van der Waals surface area contributed by atoms with Gasteiger partial charge in [-0.3, -0.25) is 5.32 Å². The van der Waals surface area contributed by atoms with Crippen molar-refractivity contribution >= 4 is 11.8 Å². The molecule has 1 N–H and O–H groups in total. The number of aromatic nitrogens is 6. The van der Waals surface area contributed by atoms with Crippen LogP contribution in [0.3, 0.4) is 0 Å². The molecular weight excluding hydrogens is 320 g/mol. The summed E-state index contributed by atoms with van der Waals surface area (Å²) in [5, 5.41) is 15.2. The summed E-state index contributed by atoms with van der Waals surface area (Å²) >= 11 is 0. The molecule has 3 heterocycles. The highest BCUT2D eigenvalue weighted by atomic mass is 16.2. The summed E-state index contributed by atoms with van der Waals surface area (Å²) in [6.07, 6.45) is 1.72. The summed E-state index contributed by atoms with van der Waals surface area (Å²) in [4.78, 5) is 18.5. The Bertz CT molecular complexity index is 885. The lowest BCUT2D eigenvalue weighted by molar-refractivity contribution is 0.193. The van der Waals surface area contributed by atoms with E-state index in [0.29, 0.717) is 32.0 Å². The smallest absolute Gasteiger partial charge is 0.315 e. The largest absolute Gasteiger partial charge is 0.323 e. The maximum Gasteiger partial charge on any atom is 0.323 e. The molecule has 9 nitrogen and oxygen atoms in total. The SMILES string of the molecule is Cc1nc2n(n1)CCN(C(=O)Nc1cn(Cc3ccccc3)nn1)C2. The van der Waals surface area contributed by atoms with Crippen LogP contribution in [0, 0.1) is 6.92 Å². The highest BCUT2D eigenvalue weighted by Crippen LogP contribution is 2.12. The average molecular weight is 338 g/mol. The third kappa shape index (κ3) is 3.35. The summed E-state index contributed by atoms with van der Waals surface area (Å²) in [5.74, 6) is 1.96. The topological polar surface area (TPSA) is 93.8 Å². The molecule has 0 atom stereocenters. The second-order valence-electron chi connectivity index (χ2n) is 5.94. The zero-order chi connectivity index (χ0) is 17.2. The number of carbonyl (C=O) groups excluding carboxylic acids is 1. The summed E-state index contributed by atoms with van der Waals surface area (Å²) < 4.78 is 3.54. The number of nitrogens with zero attached hydrogens (tertiary/aromatic N) is 7. The van der Waals surface area contributed by atoms with Crippen molar-refractivity contribution < 1.29 is 4.79 Å². The van der Waals surface area contributed by atoms with E-state index in [-0.39, 0.29) is 6.03 Å². The van der Waals surface area contributed by atoms with E-state index < -0.39 is 0 Å². The minimum absolute atomic E-state index is 0.210. The summed E-state index contributed by atoms with van der Waals surface area (Å²) in [6.45, 7) is 4.12. The van der Waals surface area contributed by atoms with E-state index in [1.165, 1.54) is 0 Å². The second kappa shape index (κ2) is 6.34. The molecule has 1 aromatic carbocycles. The van der Waals surface area contributed by atoms with E-state index in [9.17, 15) is 4.79 Å². The fourth-order valence-electron chi connectivity index (χ4n) is 2.83. The highest BCUT2D eigenvalue weighted by molar-refractivity contribution is 5.88. The maximum absolute atomic E-state index is 12.4. The molecule has 0 saturated heterocycles. The standard InChI is InChI=1S/C16H18N8O/c1-12-17-15-11-22(7-8-24(15)20-12)16(25)18-14-10-23(21-19-14)9-13-5-3-2-4-6-13/h2-6,10H,7-9,11H2,1H3,(H,18,25). The van der Waals surface area contributed by atoms with E-state index in [2.05, 4.69) is 25.7 Å². The Morgan fingerprint density at radius 1 is 1.24 bits per heavy atom. The molecule has 9 heteroatoms. The van der Waals surface area contributed by atoms with Gasteiger partial charge in [0.1, 0.15) is 11.6 Å².